The molecule has 4 rings (SSSR count). The van der Waals surface area contributed by atoms with E-state index in [2.05, 4.69) is 118 Å². The van der Waals surface area contributed by atoms with Crippen molar-refractivity contribution in [2.75, 3.05) is 38.0 Å². The number of rotatable bonds is 13. The van der Waals surface area contributed by atoms with Gasteiger partial charge in [0.15, 0.2) is 5.60 Å². The van der Waals surface area contributed by atoms with E-state index in [1.165, 1.54) is 32.1 Å². The molecule has 39 heavy (non-hydrogen) atoms. The summed E-state index contributed by atoms with van der Waals surface area (Å²) in [5.74, 6) is 0.948. The van der Waals surface area contributed by atoms with E-state index in [4.69, 9.17) is 9.47 Å². The molecule has 1 heterocycles. The Morgan fingerprint density at radius 1 is 0.769 bits per heavy atom. The van der Waals surface area contributed by atoms with Crippen molar-refractivity contribution in [3.8, 4) is 5.75 Å². The quantitative estimate of drug-likeness (QED) is 0.165. The fourth-order valence-corrected chi connectivity index (χ4v) is 5.55. The number of anilines is 2. The number of ether oxygens (including phenoxy) is 2. The number of fused-ring (bicyclic) bond motifs is 1. The predicted molar refractivity (Wildman–Crippen MR) is 165 cm³/mol. The maximum Gasteiger partial charge on any atom is 0.201 e. The zero-order chi connectivity index (χ0) is 27.8. The number of hydrogen-bond donors (Lipinski definition) is 0. The van der Waals surface area contributed by atoms with Gasteiger partial charge in [0.25, 0.3) is 0 Å². The maximum absolute atomic E-state index is 7.19. The SMILES string of the molecule is C=CCCCCCCCCC1Oc2c(C)cccc2C(c2cccc(N(C)C)c2)(c2cccc(N(C)C)c2)O1. The second-order valence-corrected chi connectivity index (χ2v) is 11.2. The highest BCUT2D eigenvalue weighted by atomic mass is 16.7. The highest BCUT2D eigenvalue weighted by molar-refractivity contribution is 5.61. The minimum absolute atomic E-state index is 0.328. The van der Waals surface area contributed by atoms with Gasteiger partial charge in [0.05, 0.1) is 0 Å². The molecule has 0 bridgehead atoms. The van der Waals surface area contributed by atoms with E-state index in [9.17, 15) is 0 Å². The summed E-state index contributed by atoms with van der Waals surface area (Å²) < 4.78 is 13.8. The zero-order valence-corrected chi connectivity index (χ0v) is 24.6. The van der Waals surface area contributed by atoms with E-state index in [1.807, 2.05) is 6.08 Å². The number of nitrogens with zero attached hydrogens (tertiary/aromatic N) is 2. The first-order chi connectivity index (χ1) is 18.9. The molecular formula is C35H46N2O2. The normalized spacial score (nSPS) is 15.8. The second-order valence-electron chi connectivity index (χ2n) is 11.2. The van der Waals surface area contributed by atoms with Crippen LogP contribution in [0.1, 0.15) is 73.6 Å². The van der Waals surface area contributed by atoms with Gasteiger partial charge in [-0.3, -0.25) is 0 Å². The molecule has 1 atom stereocenters. The number of unbranched alkanes of at least 4 members (excludes halogenated alkanes) is 6. The molecule has 0 N–H and O–H groups in total. The van der Waals surface area contributed by atoms with Crippen molar-refractivity contribution in [1.82, 2.24) is 0 Å². The van der Waals surface area contributed by atoms with Gasteiger partial charge in [-0.05, 0) is 67.1 Å². The van der Waals surface area contributed by atoms with Crippen molar-refractivity contribution in [3.05, 3.63) is 102 Å². The van der Waals surface area contributed by atoms with Crippen LogP contribution >= 0.6 is 0 Å². The first-order valence-electron chi connectivity index (χ1n) is 14.5. The van der Waals surface area contributed by atoms with Crippen molar-refractivity contribution in [2.24, 2.45) is 0 Å². The fraction of sp³-hybridized carbons (Fsp3) is 0.429. The molecule has 0 fully saturated rings. The van der Waals surface area contributed by atoms with Gasteiger partial charge >= 0.3 is 0 Å². The van der Waals surface area contributed by atoms with Crippen LogP contribution in [0.2, 0.25) is 0 Å². The zero-order valence-electron chi connectivity index (χ0n) is 24.6. The van der Waals surface area contributed by atoms with E-state index in [0.717, 1.165) is 58.6 Å². The van der Waals surface area contributed by atoms with Gasteiger partial charge in [-0.25, -0.2) is 0 Å². The van der Waals surface area contributed by atoms with Crippen molar-refractivity contribution in [2.45, 2.75) is 70.2 Å². The van der Waals surface area contributed by atoms with E-state index in [0.29, 0.717) is 0 Å². The Balaban J connectivity index is 1.74. The second kappa shape index (κ2) is 13.2. The highest BCUT2D eigenvalue weighted by Crippen LogP contribution is 2.50. The summed E-state index contributed by atoms with van der Waals surface area (Å²) >= 11 is 0. The molecule has 1 aliphatic heterocycles. The first-order valence-corrected chi connectivity index (χ1v) is 14.5. The van der Waals surface area contributed by atoms with E-state index in [-0.39, 0.29) is 6.29 Å². The van der Waals surface area contributed by atoms with Gasteiger partial charge in [-0.2, -0.15) is 0 Å². The van der Waals surface area contributed by atoms with Crippen molar-refractivity contribution in [1.29, 1.82) is 0 Å². The third-order valence-electron chi connectivity index (χ3n) is 7.78. The summed E-state index contributed by atoms with van der Waals surface area (Å²) in [6.07, 6.45) is 11.0. The number of benzene rings is 3. The summed E-state index contributed by atoms with van der Waals surface area (Å²) in [6.45, 7) is 5.97. The topological polar surface area (TPSA) is 24.9 Å². The number of hydrogen-bond acceptors (Lipinski definition) is 4. The minimum atomic E-state index is -0.785. The van der Waals surface area contributed by atoms with Crippen LogP contribution in [0.4, 0.5) is 11.4 Å². The third kappa shape index (κ3) is 6.50. The van der Waals surface area contributed by atoms with E-state index < -0.39 is 5.60 Å². The van der Waals surface area contributed by atoms with Crippen LogP contribution in [0.3, 0.4) is 0 Å². The minimum Gasteiger partial charge on any atom is -0.464 e. The molecule has 0 amide bonds. The number of allylic oxidation sites excluding steroid dienone is 1. The van der Waals surface area contributed by atoms with E-state index >= 15 is 0 Å². The lowest BCUT2D eigenvalue weighted by atomic mass is 9.78. The predicted octanol–water partition coefficient (Wildman–Crippen LogP) is 8.46. The summed E-state index contributed by atoms with van der Waals surface area (Å²) in [4.78, 5) is 4.30. The standard InChI is InChI=1S/C35H46N2O2/c1-7-8-9-10-11-12-13-14-24-33-38-34-27(2)18-15-23-32(34)35(39-33,28-19-16-21-30(25-28)36(3)4)29-20-17-22-31(26-29)37(5)6/h7,15-23,25-26,33H,1,8-14,24H2,2-6H3. The Morgan fingerprint density at radius 2 is 1.33 bits per heavy atom. The molecule has 3 aromatic rings. The molecule has 4 heteroatoms. The molecule has 208 valence electrons. The van der Waals surface area contributed by atoms with Crippen molar-refractivity contribution >= 4 is 11.4 Å². The average Bonchev–Trinajstić information content (AvgIpc) is 2.94. The summed E-state index contributed by atoms with van der Waals surface area (Å²) in [5.41, 5.74) is 5.94. The number of para-hydroxylation sites is 1. The molecule has 1 unspecified atom stereocenters. The van der Waals surface area contributed by atoms with Crippen molar-refractivity contribution < 1.29 is 9.47 Å². The largest absolute Gasteiger partial charge is 0.464 e. The maximum atomic E-state index is 7.19. The van der Waals surface area contributed by atoms with Crippen LogP contribution in [0.25, 0.3) is 0 Å². The van der Waals surface area contributed by atoms with Gasteiger partial charge in [0, 0.05) is 51.5 Å². The fourth-order valence-electron chi connectivity index (χ4n) is 5.55. The monoisotopic (exact) mass is 526 g/mol. The van der Waals surface area contributed by atoms with E-state index in [1.54, 1.807) is 0 Å². The van der Waals surface area contributed by atoms with Crippen LogP contribution in [0.5, 0.6) is 5.75 Å². The lowest BCUT2D eigenvalue weighted by Gasteiger charge is -2.44. The van der Waals surface area contributed by atoms with Crippen LogP contribution in [-0.4, -0.2) is 34.5 Å². The Labute approximate surface area is 236 Å². The van der Waals surface area contributed by atoms with Gasteiger partial charge < -0.3 is 19.3 Å². The Kier molecular flexibility index (Phi) is 9.74. The molecule has 0 aromatic heterocycles. The Hall–Kier alpha value is -3.24. The van der Waals surface area contributed by atoms with Crippen LogP contribution in [-0.2, 0) is 10.3 Å². The summed E-state index contributed by atoms with van der Waals surface area (Å²) in [6, 6.07) is 23.9. The van der Waals surface area contributed by atoms with Crippen LogP contribution < -0.4 is 14.5 Å². The smallest absolute Gasteiger partial charge is 0.201 e. The summed E-state index contributed by atoms with van der Waals surface area (Å²) in [5, 5.41) is 0. The molecular weight excluding hydrogens is 480 g/mol. The lowest BCUT2D eigenvalue weighted by molar-refractivity contribution is -0.166. The Morgan fingerprint density at radius 3 is 1.92 bits per heavy atom. The van der Waals surface area contributed by atoms with Gasteiger partial charge in [0.2, 0.25) is 6.29 Å². The molecule has 0 spiro atoms. The molecule has 4 nitrogen and oxygen atoms in total. The molecule has 3 aromatic carbocycles. The highest BCUT2D eigenvalue weighted by Gasteiger charge is 2.46. The van der Waals surface area contributed by atoms with Crippen LogP contribution in [0.15, 0.2) is 79.4 Å². The molecule has 0 saturated carbocycles. The van der Waals surface area contributed by atoms with Crippen LogP contribution in [0, 0.1) is 6.92 Å². The number of aryl methyl sites for hydroxylation is 1. The van der Waals surface area contributed by atoms with Gasteiger partial charge in [-0.15, -0.1) is 6.58 Å². The van der Waals surface area contributed by atoms with Gasteiger partial charge in [0.1, 0.15) is 5.75 Å². The molecule has 0 saturated heterocycles. The molecule has 0 radical (unpaired) electrons. The first kappa shape index (κ1) is 28.8. The summed E-state index contributed by atoms with van der Waals surface area (Å²) in [7, 11) is 8.34. The van der Waals surface area contributed by atoms with Gasteiger partial charge in [-0.1, -0.05) is 74.2 Å². The average molecular weight is 527 g/mol. The lowest BCUT2D eigenvalue weighted by Crippen LogP contribution is -2.43. The third-order valence-corrected chi connectivity index (χ3v) is 7.78. The van der Waals surface area contributed by atoms with Crippen molar-refractivity contribution in [3.63, 3.8) is 0 Å². The molecule has 0 aliphatic carbocycles. The Bertz CT molecular complexity index is 1180. The molecule has 1 aliphatic rings.